The van der Waals surface area contributed by atoms with Gasteiger partial charge in [-0.2, -0.15) is 0 Å². The minimum absolute atomic E-state index is 0.0405. The molecule has 0 atom stereocenters. The van der Waals surface area contributed by atoms with E-state index in [0.29, 0.717) is 25.2 Å². The summed E-state index contributed by atoms with van der Waals surface area (Å²) in [5.41, 5.74) is 0.731. The Labute approximate surface area is 150 Å². The van der Waals surface area contributed by atoms with Crippen LogP contribution < -0.4 is 10.8 Å². The van der Waals surface area contributed by atoms with E-state index in [1.54, 1.807) is 12.4 Å². The van der Waals surface area contributed by atoms with Crippen LogP contribution in [0.3, 0.4) is 0 Å². The van der Waals surface area contributed by atoms with Crippen LogP contribution >= 0.6 is 0 Å². The number of hydrogen-bond donors (Lipinski definition) is 3. The number of aldehydes is 1. The van der Waals surface area contributed by atoms with Gasteiger partial charge in [-0.15, -0.1) is 0 Å². The van der Waals surface area contributed by atoms with E-state index in [0.717, 1.165) is 18.7 Å². The highest BCUT2D eigenvalue weighted by molar-refractivity contribution is 6.60. The lowest BCUT2D eigenvalue weighted by Gasteiger charge is -2.20. The summed E-state index contributed by atoms with van der Waals surface area (Å²) >= 11 is 0. The Kier molecular flexibility index (Phi) is 5.72. The minimum Gasteiger partial charge on any atom is -0.423 e. The van der Waals surface area contributed by atoms with E-state index in [9.17, 15) is 19.6 Å². The van der Waals surface area contributed by atoms with E-state index >= 15 is 0 Å². The smallest absolute Gasteiger partial charge is 0.423 e. The Bertz CT molecular complexity index is 791. The fraction of sp³-hybridized carbons (Fsp3) is 0.294. The monoisotopic (exact) mass is 355 g/mol. The molecule has 0 spiro atoms. The summed E-state index contributed by atoms with van der Waals surface area (Å²) in [6, 6.07) is 4.04. The van der Waals surface area contributed by atoms with Crippen molar-refractivity contribution < 1.29 is 24.4 Å². The van der Waals surface area contributed by atoms with Crippen LogP contribution in [0.25, 0.3) is 0 Å². The van der Waals surface area contributed by atoms with Gasteiger partial charge in [-0.3, -0.25) is 9.59 Å². The van der Waals surface area contributed by atoms with Crippen LogP contribution in [0.5, 0.6) is 0 Å². The second kappa shape index (κ2) is 8.18. The third-order valence-corrected chi connectivity index (χ3v) is 4.27. The summed E-state index contributed by atoms with van der Waals surface area (Å²) < 4.78 is 5.32. The Balaban J connectivity index is 1.70. The standard InChI is InChI=1S/C17H18BN3O5/c22-10-13-7-12(1-2-15(13)18(24)25)17(23)21-14-8-19-16(20-9-14)11-3-5-26-6-4-11/h1-2,7-11,24-25H,3-6H2,(H,21,23). The number of rotatable bonds is 5. The van der Waals surface area contributed by atoms with E-state index in [1.165, 1.54) is 18.2 Å². The number of nitrogens with one attached hydrogen (secondary N) is 1. The average molecular weight is 355 g/mol. The molecule has 1 fully saturated rings. The van der Waals surface area contributed by atoms with Crippen LogP contribution in [0.1, 0.15) is 45.3 Å². The highest BCUT2D eigenvalue weighted by Gasteiger charge is 2.19. The molecule has 134 valence electrons. The Morgan fingerprint density at radius 3 is 2.54 bits per heavy atom. The van der Waals surface area contributed by atoms with Crippen LogP contribution in [-0.4, -0.2) is 52.5 Å². The first-order valence-corrected chi connectivity index (χ1v) is 8.25. The maximum absolute atomic E-state index is 12.3. The molecule has 1 saturated heterocycles. The fourth-order valence-electron chi connectivity index (χ4n) is 2.83. The van der Waals surface area contributed by atoms with Crippen LogP contribution in [0.2, 0.25) is 0 Å². The number of benzene rings is 1. The predicted octanol–water partition coefficient (Wildman–Crippen LogP) is 0.115. The summed E-state index contributed by atoms with van der Waals surface area (Å²) in [7, 11) is -1.78. The zero-order chi connectivity index (χ0) is 18.5. The molecule has 3 N–H and O–H groups in total. The molecule has 1 aliphatic rings. The van der Waals surface area contributed by atoms with Gasteiger partial charge in [0.2, 0.25) is 0 Å². The van der Waals surface area contributed by atoms with Gasteiger partial charge < -0.3 is 20.1 Å². The molecule has 2 aromatic rings. The number of ether oxygens (including phenoxy) is 1. The lowest BCUT2D eigenvalue weighted by molar-refractivity contribution is 0.0836. The largest absolute Gasteiger partial charge is 0.489 e. The van der Waals surface area contributed by atoms with Crippen molar-refractivity contribution in [3.63, 3.8) is 0 Å². The SMILES string of the molecule is O=Cc1cc(C(=O)Nc2cnc(C3CCOCC3)nc2)ccc1B(O)O. The number of hydrogen-bond acceptors (Lipinski definition) is 7. The molecule has 0 aliphatic carbocycles. The molecule has 1 aromatic heterocycles. The van der Waals surface area contributed by atoms with Gasteiger partial charge in [0.05, 0.1) is 18.1 Å². The molecule has 26 heavy (non-hydrogen) atoms. The summed E-state index contributed by atoms with van der Waals surface area (Å²) in [6.07, 6.45) is 5.31. The van der Waals surface area contributed by atoms with E-state index in [-0.39, 0.29) is 22.5 Å². The second-order valence-electron chi connectivity index (χ2n) is 6.01. The molecule has 8 nitrogen and oxygen atoms in total. The average Bonchev–Trinajstić information content (AvgIpc) is 2.68. The number of amides is 1. The maximum atomic E-state index is 12.3. The van der Waals surface area contributed by atoms with Gasteiger partial charge >= 0.3 is 7.12 Å². The summed E-state index contributed by atoms with van der Waals surface area (Å²) in [5, 5.41) is 21.1. The second-order valence-corrected chi connectivity index (χ2v) is 6.01. The Morgan fingerprint density at radius 2 is 1.92 bits per heavy atom. The van der Waals surface area contributed by atoms with Gasteiger partial charge in [-0.25, -0.2) is 9.97 Å². The highest BCUT2D eigenvalue weighted by atomic mass is 16.5. The lowest BCUT2D eigenvalue weighted by Crippen LogP contribution is -2.33. The first-order valence-electron chi connectivity index (χ1n) is 8.25. The zero-order valence-corrected chi connectivity index (χ0v) is 14.0. The fourth-order valence-corrected chi connectivity index (χ4v) is 2.83. The van der Waals surface area contributed by atoms with Crippen LogP contribution in [0.4, 0.5) is 5.69 Å². The first-order chi connectivity index (χ1) is 12.6. The molecule has 0 saturated carbocycles. The van der Waals surface area contributed by atoms with Crippen molar-refractivity contribution in [3.05, 3.63) is 47.5 Å². The number of carbonyl (C=O) groups excluding carboxylic acids is 2. The van der Waals surface area contributed by atoms with Crippen molar-refractivity contribution in [2.75, 3.05) is 18.5 Å². The summed E-state index contributed by atoms with van der Waals surface area (Å²) in [4.78, 5) is 32.0. The van der Waals surface area contributed by atoms with Crippen molar-refractivity contribution in [1.82, 2.24) is 9.97 Å². The Morgan fingerprint density at radius 1 is 1.23 bits per heavy atom. The van der Waals surface area contributed by atoms with Gasteiger partial charge in [-0.05, 0) is 30.4 Å². The quantitative estimate of drug-likeness (QED) is 0.514. The number of anilines is 1. The zero-order valence-electron chi connectivity index (χ0n) is 14.0. The minimum atomic E-state index is -1.78. The molecule has 1 aliphatic heterocycles. The first kappa shape index (κ1) is 18.2. The molecular weight excluding hydrogens is 337 g/mol. The molecule has 2 heterocycles. The van der Waals surface area contributed by atoms with Gasteiger partial charge in [0.25, 0.3) is 5.91 Å². The van der Waals surface area contributed by atoms with Crippen LogP contribution in [-0.2, 0) is 4.74 Å². The van der Waals surface area contributed by atoms with Crippen molar-refractivity contribution >= 4 is 30.5 Å². The van der Waals surface area contributed by atoms with Gasteiger partial charge in [0.1, 0.15) is 12.1 Å². The van der Waals surface area contributed by atoms with Crippen LogP contribution in [0, 0.1) is 0 Å². The van der Waals surface area contributed by atoms with Crippen molar-refractivity contribution in [2.24, 2.45) is 0 Å². The molecule has 0 radical (unpaired) electrons. The highest BCUT2D eigenvalue weighted by Crippen LogP contribution is 2.24. The number of aromatic nitrogens is 2. The van der Waals surface area contributed by atoms with Gasteiger partial charge in [0, 0.05) is 30.3 Å². The third kappa shape index (κ3) is 4.13. The molecule has 3 rings (SSSR count). The predicted molar refractivity (Wildman–Crippen MR) is 94.4 cm³/mol. The molecule has 0 bridgehead atoms. The van der Waals surface area contributed by atoms with E-state index in [2.05, 4.69) is 15.3 Å². The summed E-state index contributed by atoms with van der Waals surface area (Å²) in [5.74, 6) is 0.548. The van der Waals surface area contributed by atoms with Crippen molar-refractivity contribution in [2.45, 2.75) is 18.8 Å². The van der Waals surface area contributed by atoms with Crippen molar-refractivity contribution in [3.8, 4) is 0 Å². The Hall–Kier alpha value is -2.62. The summed E-state index contributed by atoms with van der Waals surface area (Å²) in [6.45, 7) is 1.40. The third-order valence-electron chi connectivity index (χ3n) is 4.27. The topological polar surface area (TPSA) is 122 Å². The van der Waals surface area contributed by atoms with Crippen LogP contribution in [0.15, 0.2) is 30.6 Å². The molecule has 0 unspecified atom stereocenters. The lowest BCUT2D eigenvalue weighted by atomic mass is 9.77. The normalized spacial score (nSPS) is 14.7. The van der Waals surface area contributed by atoms with E-state index < -0.39 is 13.0 Å². The van der Waals surface area contributed by atoms with E-state index in [4.69, 9.17) is 4.74 Å². The molecule has 9 heteroatoms. The maximum Gasteiger partial charge on any atom is 0.489 e. The van der Waals surface area contributed by atoms with E-state index in [1.807, 2.05) is 0 Å². The molecule has 1 amide bonds. The number of carbonyl (C=O) groups is 2. The molecular formula is C17H18BN3O5. The molecule has 1 aromatic carbocycles. The van der Waals surface area contributed by atoms with Gasteiger partial charge in [0.15, 0.2) is 0 Å². The van der Waals surface area contributed by atoms with Crippen molar-refractivity contribution in [1.29, 1.82) is 0 Å². The van der Waals surface area contributed by atoms with Gasteiger partial charge in [-0.1, -0.05) is 6.07 Å². The number of nitrogens with zero attached hydrogens (tertiary/aromatic N) is 2.